The third-order valence-corrected chi connectivity index (χ3v) is 7.28. The lowest BCUT2D eigenvalue weighted by atomic mass is 9.96. The Bertz CT molecular complexity index is 969. The average molecular weight is 438 g/mol. The number of hydrogen-bond acceptors (Lipinski definition) is 7. The van der Waals surface area contributed by atoms with Gasteiger partial charge in [-0.05, 0) is 44.6 Å². The van der Waals surface area contributed by atoms with Gasteiger partial charge >= 0.3 is 5.97 Å². The number of carbonyl (C=O) groups is 2. The minimum absolute atomic E-state index is 0.0873. The number of hydrogen-bond donors (Lipinski definition) is 2. The highest BCUT2D eigenvalue weighted by molar-refractivity contribution is 7.99. The third kappa shape index (κ3) is 4.83. The van der Waals surface area contributed by atoms with Crippen molar-refractivity contribution in [2.24, 2.45) is 0 Å². The van der Waals surface area contributed by atoms with E-state index in [1.54, 1.807) is 18.3 Å². The molecule has 0 fully saturated rings. The molecule has 0 radical (unpaired) electrons. The lowest BCUT2D eigenvalue weighted by Crippen LogP contribution is -2.53. The number of nitrogens with one attached hydrogen (secondary N) is 2. The van der Waals surface area contributed by atoms with Crippen LogP contribution in [0.1, 0.15) is 55.8 Å². The topological polar surface area (TPSA) is 101 Å². The molecule has 1 aliphatic rings. The highest BCUT2D eigenvalue weighted by Gasteiger charge is 2.34. The molecule has 1 atom stereocenters. The highest BCUT2D eigenvalue weighted by Crippen LogP contribution is 2.33. The van der Waals surface area contributed by atoms with Gasteiger partial charge in [-0.15, -0.1) is 23.1 Å². The number of aromatic nitrogens is 2. The molecule has 1 aliphatic carbocycles. The molecule has 0 spiro atoms. The summed E-state index contributed by atoms with van der Waals surface area (Å²) in [6, 6.07) is 0. The molecular weight excluding hydrogens is 410 g/mol. The van der Waals surface area contributed by atoms with E-state index in [4.69, 9.17) is 4.74 Å². The fourth-order valence-electron chi connectivity index (χ4n) is 3.80. The first-order valence-electron chi connectivity index (χ1n) is 9.88. The lowest BCUT2D eigenvalue weighted by molar-refractivity contribution is -0.150. The van der Waals surface area contributed by atoms with Crippen molar-refractivity contribution in [3.63, 3.8) is 0 Å². The molecule has 0 saturated carbocycles. The van der Waals surface area contributed by atoms with Crippen molar-refractivity contribution < 1.29 is 14.3 Å². The first-order chi connectivity index (χ1) is 13.9. The number of fused-ring (bicyclic) bond motifs is 3. The first-order valence-corrected chi connectivity index (χ1v) is 11.9. The zero-order chi connectivity index (χ0) is 21.0. The normalized spacial score (nSPS) is 15.6. The quantitative estimate of drug-likeness (QED) is 0.616. The second-order valence-corrected chi connectivity index (χ2v) is 9.59. The zero-order valence-corrected chi connectivity index (χ0v) is 18.7. The van der Waals surface area contributed by atoms with E-state index >= 15 is 0 Å². The number of esters is 1. The molecule has 29 heavy (non-hydrogen) atoms. The van der Waals surface area contributed by atoms with Crippen molar-refractivity contribution in [2.75, 3.05) is 12.9 Å². The number of aromatic amines is 1. The Morgan fingerprint density at radius 3 is 2.83 bits per heavy atom. The second kappa shape index (κ2) is 9.30. The molecule has 9 heteroatoms. The Labute approximate surface area is 178 Å². The summed E-state index contributed by atoms with van der Waals surface area (Å²) in [6.45, 7) is 3.62. The van der Waals surface area contributed by atoms with Gasteiger partial charge in [0.2, 0.25) is 5.91 Å². The van der Waals surface area contributed by atoms with Crippen molar-refractivity contribution in [1.29, 1.82) is 0 Å². The maximum Gasteiger partial charge on any atom is 0.331 e. The molecule has 1 amide bonds. The van der Waals surface area contributed by atoms with Crippen LogP contribution in [0.4, 0.5) is 0 Å². The van der Waals surface area contributed by atoms with Crippen molar-refractivity contribution >= 4 is 45.2 Å². The molecule has 2 N–H and O–H groups in total. The summed E-state index contributed by atoms with van der Waals surface area (Å²) in [4.78, 5) is 46.5. The molecule has 2 aromatic rings. The summed E-state index contributed by atoms with van der Waals surface area (Å²) in [5.41, 5.74) is 0.0557. The van der Waals surface area contributed by atoms with E-state index in [1.165, 1.54) is 29.3 Å². The molecule has 0 aliphatic heterocycles. The number of methoxy groups -OCH3 is 1. The summed E-state index contributed by atoms with van der Waals surface area (Å²) >= 11 is 2.97. The minimum Gasteiger partial charge on any atom is -0.467 e. The van der Waals surface area contributed by atoms with Crippen LogP contribution in [-0.2, 0) is 32.9 Å². The van der Waals surface area contributed by atoms with Crippen LogP contribution in [0.2, 0.25) is 0 Å². The Balaban J connectivity index is 1.63. The fraction of sp³-hybridized carbons (Fsp3) is 0.600. The summed E-state index contributed by atoms with van der Waals surface area (Å²) in [6.07, 6.45) is 5.51. The zero-order valence-electron chi connectivity index (χ0n) is 17.1. The number of amides is 1. The van der Waals surface area contributed by atoms with E-state index in [1.807, 2.05) is 6.92 Å². The SMILES string of the molecule is CCCC(C)(NC(=O)CSCc1nc2sc3c(c2c(=O)[nH]1)CCCC3)C(=O)OC. The molecule has 0 aromatic carbocycles. The Morgan fingerprint density at radius 1 is 1.34 bits per heavy atom. The molecule has 3 rings (SSSR count). The van der Waals surface area contributed by atoms with Gasteiger partial charge in [0.25, 0.3) is 5.56 Å². The van der Waals surface area contributed by atoms with Crippen LogP contribution >= 0.6 is 23.1 Å². The summed E-state index contributed by atoms with van der Waals surface area (Å²) in [7, 11) is 1.32. The predicted molar refractivity (Wildman–Crippen MR) is 117 cm³/mol. The number of nitrogens with zero attached hydrogens (tertiary/aromatic N) is 1. The van der Waals surface area contributed by atoms with E-state index in [0.29, 0.717) is 18.0 Å². The van der Waals surface area contributed by atoms with Crippen LogP contribution in [-0.4, -0.2) is 40.2 Å². The Morgan fingerprint density at radius 2 is 2.10 bits per heavy atom. The van der Waals surface area contributed by atoms with Crippen LogP contribution in [0.15, 0.2) is 4.79 Å². The number of aryl methyl sites for hydroxylation is 2. The standard InChI is InChI=1S/C20H27N3O4S2/c1-4-9-20(2,19(26)27-3)23-15(24)11-28-10-14-21-17(25)16-12-7-5-6-8-13(12)29-18(16)22-14/h4-11H2,1-3H3,(H,23,24)(H,21,22,25). The van der Waals surface area contributed by atoms with E-state index in [9.17, 15) is 14.4 Å². The number of ether oxygens (including phenoxy) is 1. The van der Waals surface area contributed by atoms with Crippen LogP contribution in [0, 0.1) is 0 Å². The maximum absolute atomic E-state index is 12.6. The van der Waals surface area contributed by atoms with Gasteiger partial charge in [-0.25, -0.2) is 9.78 Å². The van der Waals surface area contributed by atoms with Crippen molar-refractivity contribution in [2.45, 2.75) is 63.7 Å². The lowest BCUT2D eigenvalue weighted by Gasteiger charge is -2.27. The number of thiophene rings is 1. The molecular formula is C20H27N3O4S2. The monoisotopic (exact) mass is 437 g/mol. The average Bonchev–Trinajstić information content (AvgIpc) is 3.06. The summed E-state index contributed by atoms with van der Waals surface area (Å²) in [5.74, 6) is 0.466. The molecule has 158 valence electrons. The van der Waals surface area contributed by atoms with Crippen LogP contribution in [0.3, 0.4) is 0 Å². The van der Waals surface area contributed by atoms with Gasteiger partial charge in [-0.2, -0.15) is 0 Å². The van der Waals surface area contributed by atoms with Gasteiger partial charge in [0, 0.05) is 4.88 Å². The van der Waals surface area contributed by atoms with Gasteiger partial charge in [-0.1, -0.05) is 13.3 Å². The number of H-pyrrole nitrogens is 1. The number of thioether (sulfide) groups is 1. The van der Waals surface area contributed by atoms with E-state index in [-0.39, 0.29) is 17.2 Å². The van der Waals surface area contributed by atoms with Crippen LogP contribution < -0.4 is 10.9 Å². The van der Waals surface area contributed by atoms with Gasteiger partial charge < -0.3 is 15.0 Å². The molecule has 0 bridgehead atoms. The van der Waals surface area contributed by atoms with Gasteiger partial charge in [-0.3, -0.25) is 9.59 Å². The molecule has 1 unspecified atom stereocenters. The van der Waals surface area contributed by atoms with Crippen LogP contribution in [0.25, 0.3) is 10.2 Å². The smallest absolute Gasteiger partial charge is 0.331 e. The first kappa shape index (κ1) is 21.8. The highest BCUT2D eigenvalue weighted by atomic mass is 32.2. The van der Waals surface area contributed by atoms with Crippen molar-refractivity contribution in [3.05, 3.63) is 26.6 Å². The number of rotatable bonds is 8. The largest absolute Gasteiger partial charge is 0.467 e. The molecule has 0 saturated heterocycles. The molecule has 2 aromatic heterocycles. The summed E-state index contributed by atoms with van der Waals surface area (Å²) < 4.78 is 4.82. The van der Waals surface area contributed by atoms with Crippen molar-refractivity contribution in [1.82, 2.24) is 15.3 Å². The van der Waals surface area contributed by atoms with Crippen LogP contribution in [0.5, 0.6) is 0 Å². The molecule has 7 nitrogen and oxygen atoms in total. The Kier molecular flexibility index (Phi) is 7.00. The second-order valence-electron chi connectivity index (χ2n) is 7.52. The predicted octanol–water partition coefficient (Wildman–Crippen LogP) is 2.94. The maximum atomic E-state index is 12.6. The van der Waals surface area contributed by atoms with Gasteiger partial charge in [0.15, 0.2) is 0 Å². The van der Waals surface area contributed by atoms with E-state index in [0.717, 1.165) is 42.3 Å². The number of carbonyl (C=O) groups excluding carboxylic acids is 2. The van der Waals surface area contributed by atoms with Gasteiger partial charge in [0.05, 0.1) is 24.0 Å². The minimum atomic E-state index is -1.03. The van der Waals surface area contributed by atoms with E-state index < -0.39 is 11.5 Å². The fourth-order valence-corrected chi connectivity index (χ4v) is 5.77. The van der Waals surface area contributed by atoms with Gasteiger partial charge in [0.1, 0.15) is 16.2 Å². The van der Waals surface area contributed by atoms with E-state index in [2.05, 4.69) is 15.3 Å². The third-order valence-electron chi connectivity index (χ3n) is 5.15. The summed E-state index contributed by atoms with van der Waals surface area (Å²) in [5, 5.41) is 3.52. The molecule has 2 heterocycles. The Hall–Kier alpha value is -1.87. The van der Waals surface area contributed by atoms with Crippen molar-refractivity contribution in [3.8, 4) is 0 Å².